The number of H-pyrrole nitrogens is 1. The van der Waals surface area contributed by atoms with Gasteiger partial charge in [-0.25, -0.2) is 0 Å². The molecule has 0 spiro atoms. The zero-order valence-electron chi connectivity index (χ0n) is 6.78. The fourth-order valence-corrected chi connectivity index (χ4v) is 1.08. The highest BCUT2D eigenvalue weighted by atomic mass is 19.4. The molecule has 1 heterocycles. The second-order valence-corrected chi connectivity index (χ2v) is 2.58. The first-order valence-corrected chi connectivity index (χ1v) is 3.72. The molecule has 0 saturated carbocycles. The summed E-state index contributed by atoms with van der Waals surface area (Å²) in [6.45, 7) is 0. The highest BCUT2D eigenvalue weighted by Crippen LogP contribution is 2.30. The van der Waals surface area contributed by atoms with E-state index in [9.17, 15) is 13.2 Å². The molecule has 1 aromatic heterocycles. The molecule has 13 heavy (non-hydrogen) atoms. The van der Waals surface area contributed by atoms with Gasteiger partial charge in [0.05, 0.1) is 0 Å². The van der Waals surface area contributed by atoms with E-state index < -0.39 is 11.9 Å². The van der Waals surface area contributed by atoms with Gasteiger partial charge in [-0.1, -0.05) is 0 Å². The predicted molar refractivity (Wildman–Crippen MR) is 42.9 cm³/mol. The Balaban J connectivity index is 2.85. The maximum absolute atomic E-state index is 12.2. The maximum atomic E-state index is 12.2. The van der Waals surface area contributed by atoms with E-state index in [1.807, 2.05) is 0 Å². The number of hydrogen-bond acceptors (Lipinski definition) is 0. The van der Waals surface area contributed by atoms with Crippen LogP contribution >= 0.6 is 0 Å². The first kappa shape index (κ1) is 9.72. The van der Waals surface area contributed by atoms with Crippen LogP contribution in [0.5, 0.6) is 0 Å². The van der Waals surface area contributed by atoms with Gasteiger partial charge in [-0.2, -0.15) is 13.2 Å². The second kappa shape index (κ2) is 3.56. The molecule has 0 aliphatic rings. The van der Waals surface area contributed by atoms with Crippen molar-refractivity contribution in [3.8, 4) is 12.3 Å². The number of hydrogen-bond donors (Lipinski definition) is 1. The van der Waals surface area contributed by atoms with Gasteiger partial charge < -0.3 is 4.98 Å². The van der Waals surface area contributed by atoms with Gasteiger partial charge in [0.1, 0.15) is 5.69 Å². The van der Waals surface area contributed by atoms with Crippen LogP contribution in [-0.4, -0.2) is 4.98 Å². The monoisotopic (exact) mass is 187 g/mol. The van der Waals surface area contributed by atoms with Crippen molar-refractivity contribution in [2.45, 2.75) is 19.0 Å². The molecule has 70 valence electrons. The third-order valence-electron chi connectivity index (χ3n) is 1.66. The highest BCUT2D eigenvalue weighted by Gasteiger charge is 2.34. The maximum Gasteiger partial charge on any atom is 0.431 e. The van der Waals surface area contributed by atoms with Crippen molar-refractivity contribution < 1.29 is 13.2 Å². The van der Waals surface area contributed by atoms with Gasteiger partial charge in [-0.3, -0.25) is 0 Å². The quantitative estimate of drug-likeness (QED) is 0.685. The number of alkyl halides is 3. The van der Waals surface area contributed by atoms with E-state index in [0.29, 0.717) is 6.42 Å². The van der Waals surface area contributed by atoms with Crippen LogP contribution < -0.4 is 0 Å². The molecule has 0 fully saturated rings. The zero-order valence-corrected chi connectivity index (χ0v) is 6.78. The molecule has 0 atom stereocenters. The molecule has 0 aromatic carbocycles. The minimum absolute atomic E-state index is 0.227. The fraction of sp³-hybridized carbons (Fsp3) is 0.333. The van der Waals surface area contributed by atoms with Gasteiger partial charge in [-0.05, 0) is 18.1 Å². The van der Waals surface area contributed by atoms with Crippen LogP contribution in [0.3, 0.4) is 0 Å². The van der Waals surface area contributed by atoms with Crippen molar-refractivity contribution in [3.05, 3.63) is 23.5 Å². The highest BCUT2D eigenvalue weighted by molar-refractivity contribution is 5.24. The standard InChI is InChI=1S/C9H8F3N/c1-2-3-4-7-5-6-13-8(7)9(10,11)12/h1,5-6,13H,3-4H2. The number of halogens is 3. The average molecular weight is 187 g/mol. The predicted octanol–water partition coefficient (Wildman–Crippen LogP) is 2.60. The first-order valence-electron chi connectivity index (χ1n) is 3.72. The lowest BCUT2D eigenvalue weighted by atomic mass is 10.1. The molecule has 1 N–H and O–H groups in total. The Hall–Kier alpha value is -1.37. The number of aromatic nitrogens is 1. The average Bonchev–Trinajstić information content (AvgIpc) is 2.47. The topological polar surface area (TPSA) is 15.8 Å². The summed E-state index contributed by atoms with van der Waals surface area (Å²) in [7, 11) is 0. The summed E-state index contributed by atoms with van der Waals surface area (Å²) in [6.07, 6.45) is 2.50. The van der Waals surface area contributed by atoms with Crippen LogP contribution in [0.15, 0.2) is 12.3 Å². The summed E-state index contributed by atoms with van der Waals surface area (Å²) < 4.78 is 36.7. The number of terminal acetylenes is 1. The van der Waals surface area contributed by atoms with Crippen molar-refractivity contribution >= 4 is 0 Å². The summed E-state index contributed by atoms with van der Waals surface area (Å²) in [5.74, 6) is 2.30. The van der Waals surface area contributed by atoms with Crippen molar-refractivity contribution in [1.82, 2.24) is 4.98 Å². The van der Waals surface area contributed by atoms with E-state index in [0.717, 1.165) is 0 Å². The van der Waals surface area contributed by atoms with Crippen LogP contribution in [0.2, 0.25) is 0 Å². The molecular weight excluding hydrogens is 179 g/mol. The summed E-state index contributed by atoms with van der Waals surface area (Å²) in [4.78, 5) is 2.16. The molecule has 0 aliphatic heterocycles. The molecule has 1 rings (SSSR count). The van der Waals surface area contributed by atoms with Crippen LogP contribution in [0.4, 0.5) is 13.2 Å². The van der Waals surface area contributed by atoms with Gasteiger partial charge in [0.25, 0.3) is 0 Å². The SMILES string of the molecule is C#CCCc1cc[nH]c1C(F)(F)F. The number of rotatable bonds is 2. The van der Waals surface area contributed by atoms with Crippen molar-refractivity contribution in [2.24, 2.45) is 0 Å². The van der Waals surface area contributed by atoms with E-state index in [1.165, 1.54) is 12.3 Å². The van der Waals surface area contributed by atoms with Gasteiger partial charge in [0.15, 0.2) is 0 Å². The van der Waals surface area contributed by atoms with Crippen LogP contribution in [0, 0.1) is 12.3 Å². The molecular formula is C9H8F3N. The van der Waals surface area contributed by atoms with E-state index in [4.69, 9.17) is 6.42 Å². The number of aryl methyl sites for hydroxylation is 1. The summed E-state index contributed by atoms with van der Waals surface area (Å²) in [5, 5.41) is 0. The lowest BCUT2D eigenvalue weighted by molar-refractivity contribution is -0.141. The Kier molecular flexibility index (Phi) is 2.66. The second-order valence-electron chi connectivity index (χ2n) is 2.58. The Labute approximate surface area is 74.0 Å². The lowest BCUT2D eigenvalue weighted by Crippen LogP contribution is -2.08. The van der Waals surface area contributed by atoms with Crippen LogP contribution in [-0.2, 0) is 12.6 Å². The molecule has 1 nitrogen and oxygen atoms in total. The smallest absolute Gasteiger partial charge is 0.357 e. The lowest BCUT2D eigenvalue weighted by Gasteiger charge is -2.06. The zero-order chi connectivity index (χ0) is 9.90. The van der Waals surface area contributed by atoms with E-state index >= 15 is 0 Å². The fourth-order valence-electron chi connectivity index (χ4n) is 1.08. The Morgan fingerprint density at radius 2 is 2.15 bits per heavy atom. The number of nitrogens with one attached hydrogen (secondary N) is 1. The third-order valence-corrected chi connectivity index (χ3v) is 1.66. The molecule has 0 radical (unpaired) electrons. The summed E-state index contributed by atoms with van der Waals surface area (Å²) >= 11 is 0. The molecule has 0 aliphatic carbocycles. The number of aromatic amines is 1. The molecule has 0 saturated heterocycles. The van der Waals surface area contributed by atoms with Crippen molar-refractivity contribution in [2.75, 3.05) is 0 Å². The Bertz CT molecular complexity index is 316. The molecule has 0 bridgehead atoms. The first-order chi connectivity index (χ1) is 6.05. The van der Waals surface area contributed by atoms with Crippen molar-refractivity contribution in [3.63, 3.8) is 0 Å². The summed E-state index contributed by atoms with van der Waals surface area (Å²) in [5.41, 5.74) is -0.465. The van der Waals surface area contributed by atoms with Crippen LogP contribution in [0.1, 0.15) is 17.7 Å². The van der Waals surface area contributed by atoms with E-state index in [-0.39, 0.29) is 12.0 Å². The van der Waals surface area contributed by atoms with Gasteiger partial charge >= 0.3 is 6.18 Å². The van der Waals surface area contributed by atoms with Gasteiger partial charge in [0.2, 0.25) is 0 Å². The van der Waals surface area contributed by atoms with Gasteiger partial charge in [0, 0.05) is 12.6 Å². The normalized spacial score (nSPS) is 11.2. The Morgan fingerprint density at radius 3 is 2.69 bits per heavy atom. The third kappa shape index (κ3) is 2.28. The molecule has 0 unspecified atom stereocenters. The molecule has 0 amide bonds. The van der Waals surface area contributed by atoms with E-state index in [1.54, 1.807) is 0 Å². The Morgan fingerprint density at radius 1 is 1.46 bits per heavy atom. The van der Waals surface area contributed by atoms with Crippen molar-refractivity contribution in [1.29, 1.82) is 0 Å². The minimum atomic E-state index is -4.31. The molecule has 1 aromatic rings. The minimum Gasteiger partial charge on any atom is -0.357 e. The molecule has 4 heteroatoms. The van der Waals surface area contributed by atoms with Crippen LogP contribution in [0.25, 0.3) is 0 Å². The van der Waals surface area contributed by atoms with E-state index in [2.05, 4.69) is 10.9 Å². The van der Waals surface area contributed by atoms with Gasteiger partial charge in [-0.15, -0.1) is 12.3 Å². The summed E-state index contributed by atoms with van der Waals surface area (Å²) in [6, 6.07) is 1.40. The largest absolute Gasteiger partial charge is 0.431 e.